The standard InChI is InChI=1S/C21H23N5OS2/c1-15(2)21(3,14-22)23-18(27)13-29-20-25-24-19(17-10-7-11-28-17)26(20)12-16-8-5-4-6-9-16/h4-11,15H,12-13H2,1-3H3,(H,23,27)/t21-/m0/s1. The van der Waals surface area contributed by atoms with Crippen LogP contribution in [0.2, 0.25) is 0 Å². The molecule has 2 aromatic heterocycles. The monoisotopic (exact) mass is 425 g/mol. The predicted octanol–water partition coefficient (Wildman–Crippen LogP) is 4.20. The molecule has 150 valence electrons. The molecule has 1 atom stereocenters. The number of rotatable bonds is 8. The molecular weight excluding hydrogens is 402 g/mol. The Morgan fingerprint density at radius 1 is 1.28 bits per heavy atom. The molecule has 0 bridgehead atoms. The molecule has 0 fully saturated rings. The van der Waals surface area contributed by atoms with E-state index in [9.17, 15) is 10.1 Å². The maximum Gasteiger partial charge on any atom is 0.231 e. The number of aromatic nitrogens is 3. The maximum atomic E-state index is 12.5. The van der Waals surface area contributed by atoms with Crippen molar-refractivity contribution in [3.05, 3.63) is 53.4 Å². The number of thiophene rings is 1. The number of thioether (sulfide) groups is 1. The van der Waals surface area contributed by atoms with Crippen LogP contribution in [0.1, 0.15) is 26.3 Å². The highest BCUT2D eigenvalue weighted by molar-refractivity contribution is 7.99. The van der Waals surface area contributed by atoms with Crippen molar-refractivity contribution in [3.8, 4) is 16.8 Å². The van der Waals surface area contributed by atoms with Crippen molar-refractivity contribution in [2.45, 2.75) is 38.0 Å². The molecule has 3 rings (SSSR count). The van der Waals surface area contributed by atoms with Crippen LogP contribution in [0.5, 0.6) is 0 Å². The van der Waals surface area contributed by atoms with Gasteiger partial charge in [0.2, 0.25) is 5.91 Å². The highest BCUT2D eigenvalue weighted by Gasteiger charge is 2.30. The van der Waals surface area contributed by atoms with Gasteiger partial charge >= 0.3 is 0 Å². The summed E-state index contributed by atoms with van der Waals surface area (Å²) < 4.78 is 2.03. The molecule has 0 aliphatic heterocycles. The van der Waals surface area contributed by atoms with Crippen LogP contribution in [-0.2, 0) is 11.3 Å². The average molecular weight is 426 g/mol. The third-order valence-corrected chi connectivity index (χ3v) is 6.59. The molecule has 1 amide bonds. The van der Waals surface area contributed by atoms with Crippen LogP contribution in [0.25, 0.3) is 10.7 Å². The molecule has 1 N–H and O–H groups in total. The summed E-state index contributed by atoms with van der Waals surface area (Å²) in [6.45, 7) is 6.20. The molecule has 6 nitrogen and oxygen atoms in total. The molecule has 0 unspecified atom stereocenters. The van der Waals surface area contributed by atoms with Gasteiger partial charge in [-0.05, 0) is 29.9 Å². The minimum Gasteiger partial charge on any atom is -0.337 e. The van der Waals surface area contributed by atoms with E-state index in [1.165, 1.54) is 11.8 Å². The fourth-order valence-corrected chi connectivity index (χ4v) is 4.10. The Bertz CT molecular complexity index is 992. The Hall–Kier alpha value is -2.63. The molecule has 0 saturated carbocycles. The second-order valence-electron chi connectivity index (χ2n) is 7.16. The van der Waals surface area contributed by atoms with Gasteiger partial charge in [-0.1, -0.05) is 62.0 Å². The van der Waals surface area contributed by atoms with E-state index in [0.29, 0.717) is 11.7 Å². The van der Waals surface area contributed by atoms with Crippen LogP contribution < -0.4 is 5.32 Å². The molecule has 2 heterocycles. The van der Waals surface area contributed by atoms with Crippen molar-refractivity contribution in [1.29, 1.82) is 5.26 Å². The highest BCUT2D eigenvalue weighted by Crippen LogP contribution is 2.28. The van der Waals surface area contributed by atoms with E-state index in [0.717, 1.165) is 16.3 Å². The van der Waals surface area contributed by atoms with E-state index >= 15 is 0 Å². The molecule has 0 radical (unpaired) electrons. The number of nitriles is 1. The third kappa shape index (κ3) is 5.05. The van der Waals surface area contributed by atoms with Gasteiger partial charge in [-0.25, -0.2) is 0 Å². The van der Waals surface area contributed by atoms with Crippen molar-refractivity contribution in [2.24, 2.45) is 5.92 Å². The second-order valence-corrected chi connectivity index (χ2v) is 9.05. The number of nitrogens with zero attached hydrogens (tertiary/aromatic N) is 4. The van der Waals surface area contributed by atoms with Crippen LogP contribution >= 0.6 is 23.1 Å². The maximum absolute atomic E-state index is 12.5. The Labute approximate surface area is 179 Å². The van der Waals surface area contributed by atoms with Gasteiger partial charge in [0.15, 0.2) is 11.0 Å². The first-order valence-corrected chi connectivity index (χ1v) is 11.2. The lowest BCUT2D eigenvalue weighted by Gasteiger charge is -2.27. The van der Waals surface area contributed by atoms with E-state index in [1.54, 1.807) is 18.3 Å². The van der Waals surface area contributed by atoms with E-state index < -0.39 is 5.54 Å². The van der Waals surface area contributed by atoms with Crippen LogP contribution in [0, 0.1) is 17.2 Å². The summed E-state index contributed by atoms with van der Waals surface area (Å²) in [4.78, 5) is 13.5. The topological polar surface area (TPSA) is 83.6 Å². The van der Waals surface area contributed by atoms with Gasteiger partial charge < -0.3 is 5.32 Å². The average Bonchev–Trinajstić information content (AvgIpc) is 3.37. The molecule has 1 aromatic carbocycles. The predicted molar refractivity (Wildman–Crippen MR) is 117 cm³/mol. The largest absolute Gasteiger partial charge is 0.337 e. The first-order chi connectivity index (χ1) is 13.9. The molecule has 29 heavy (non-hydrogen) atoms. The van der Waals surface area contributed by atoms with E-state index in [1.807, 2.05) is 54.1 Å². The van der Waals surface area contributed by atoms with E-state index in [2.05, 4.69) is 33.7 Å². The van der Waals surface area contributed by atoms with Crippen molar-refractivity contribution >= 4 is 29.0 Å². The summed E-state index contributed by atoms with van der Waals surface area (Å²) in [6, 6.07) is 16.3. The van der Waals surface area contributed by atoms with Crippen LogP contribution in [0.4, 0.5) is 0 Å². The fourth-order valence-electron chi connectivity index (χ4n) is 2.65. The Morgan fingerprint density at radius 3 is 2.66 bits per heavy atom. The van der Waals surface area contributed by atoms with Gasteiger partial charge in [-0.15, -0.1) is 21.5 Å². The molecule has 0 aliphatic carbocycles. The van der Waals surface area contributed by atoms with Crippen molar-refractivity contribution in [3.63, 3.8) is 0 Å². The first-order valence-electron chi connectivity index (χ1n) is 9.29. The zero-order chi connectivity index (χ0) is 20.9. The number of hydrogen-bond donors (Lipinski definition) is 1. The third-order valence-electron chi connectivity index (χ3n) is 4.76. The summed E-state index contributed by atoms with van der Waals surface area (Å²) in [5, 5.41) is 23.6. The van der Waals surface area contributed by atoms with Gasteiger partial charge in [0.1, 0.15) is 5.54 Å². The van der Waals surface area contributed by atoms with Gasteiger partial charge in [0.25, 0.3) is 0 Å². The van der Waals surface area contributed by atoms with E-state index in [4.69, 9.17) is 0 Å². The van der Waals surface area contributed by atoms with Gasteiger partial charge in [0.05, 0.1) is 23.2 Å². The van der Waals surface area contributed by atoms with Gasteiger partial charge in [-0.2, -0.15) is 5.26 Å². The smallest absolute Gasteiger partial charge is 0.231 e. The quantitative estimate of drug-likeness (QED) is 0.547. The van der Waals surface area contributed by atoms with Crippen molar-refractivity contribution in [1.82, 2.24) is 20.1 Å². The number of carbonyl (C=O) groups is 1. The lowest BCUT2D eigenvalue weighted by atomic mass is 9.90. The van der Waals surface area contributed by atoms with Crippen molar-refractivity contribution < 1.29 is 4.79 Å². The first kappa shape index (κ1) is 21.1. The minimum absolute atomic E-state index is 0.00798. The Morgan fingerprint density at radius 2 is 2.03 bits per heavy atom. The SMILES string of the molecule is CC(C)[C@](C)(C#N)NC(=O)CSc1nnc(-c2cccs2)n1Cc1ccccc1. The summed E-state index contributed by atoms with van der Waals surface area (Å²) in [7, 11) is 0. The number of amides is 1. The Kier molecular flexibility index (Phi) is 6.72. The molecule has 8 heteroatoms. The zero-order valence-corrected chi connectivity index (χ0v) is 18.3. The van der Waals surface area contributed by atoms with E-state index in [-0.39, 0.29) is 17.6 Å². The second kappa shape index (κ2) is 9.25. The molecular formula is C21H23N5OS2. The minimum atomic E-state index is -0.891. The lowest BCUT2D eigenvalue weighted by molar-refractivity contribution is -0.120. The normalized spacial score (nSPS) is 13.1. The van der Waals surface area contributed by atoms with Gasteiger partial charge in [0, 0.05) is 0 Å². The summed E-state index contributed by atoms with van der Waals surface area (Å²) in [6.07, 6.45) is 0. The number of benzene rings is 1. The highest BCUT2D eigenvalue weighted by atomic mass is 32.2. The van der Waals surface area contributed by atoms with Crippen LogP contribution in [0.3, 0.4) is 0 Å². The van der Waals surface area contributed by atoms with Crippen LogP contribution in [0.15, 0.2) is 53.0 Å². The molecule has 0 saturated heterocycles. The summed E-state index contributed by atoms with van der Waals surface area (Å²) in [5.41, 5.74) is 0.241. The fraction of sp³-hybridized carbons (Fsp3) is 0.333. The van der Waals surface area contributed by atoms with Crippen molar-refractivity contribution in [2.75, 3.05) is 5.75 Å². The summed E-state index contributed by atoms with van der Waals surface area (Å²) >= 11 is 2.93. The molecule has 0 spiro atoms. The van der Waals surface area contributed by atoms with Crippen LogP contribution in [-0.4, -0.2) is 32.0 Å². The zero-order valence-electron chi connectivity index (χ0n) is 16.6. The lowest BCUT2D eigenvalue weighted by Crippen LogP contribution is -2.49. The molecule has 0 aliphatic rings. The number of hydrogen-bond acceptors (Lipinski definition) is 6. The number of nitrogens with one attached hydrogen (secondary N) is 1. The number of carbonyl (C=O) groups excluding carboxylic acids is 1. The molecule has 3 aromatic rings. The van der Waals surface area contributed by atoms with Gasteiger partial charge in [-0.3, -0.25) is 9.36 Å². The Balaban J connectivity index is 1.79. The summed E-state index contributed by atoms with van der Waals surface area (Å²) in [5.74, 6) is 0.769.